The monoisotopic (exact) mass is 447 g/mol. The summed E-state index contributed by atoms with van der Waals surface area (Å²) in [5.41, 5.74) is 1.21. The van der Waals surface area contributed by atoms with Crippen molar-refractivity contribution in [3.8, 4) is 0 Å². The van der Waals surface area contributed by atoms with E-state index in [9.17, 15) is 0 Å². The van der Waals surface area contributed by atoms with Gasteiger partial charge in [0.1, 0.15) is 0 Å². The number of ether oxygens (including phenoxy) is 2. The lowest BCUT2D eigenvalue weighted by Gasteiger charge is -2.18. The SMILES string of the molecule is CCCCCCCCCCCCCCCCCCNCC(COC)OCc1ccccc1. The molecular weight excluding hydrogens is 394 g/mol. The molecule has 0 saturated heterocycles. The number of nitrogens with one attached hydrogen (secondary N) is 1. The lowest BCUT2D eigenvalue weighted by molar-refractivity contribution is -0.0101. The number of rotatable bonds is 24. The van der Waals surface area contributed by atoms with Gasteiger partial charge in [-0.15, -0.1) is 0 Å². The highest BCUT2D eigenvalue weighted by atomic mass is 16.5. The molecule has 0 aliphatic carbocycles. The van der Waals surface area contributed by atoms with Crippen LogP contribution in [0.25, 0.3) is 0 Å². The maximum absolute atomic E-state index is 6.01. The third-order valence-corrected chi connectivity index (χ3v) is 6.26. The summed E-state index contributed by atoms with van der Waals surface area (Å²) in [4.78, 5) is 0. The fraction of sp³-hybridized carbons (Fsp3) is 0.793. The van der Waals surface area contributed by atoms with Gasteiger partial charge in [0, 0.05) is 13.7 Å². The van der Waals surface area contributed by atoms with Crippen LogP contribution in [-0.2, 0) is 16.1 Å². The molecule has 186 valence electrons. The van der Waals surface area contributed by atoms with Crippen molar-refractivity contribution in [1.82, 2.24) is 5.32 Å². The first-order valence-corrected chi connectivity index (χ1v) is 13.7. The van der Waals surface area contributed by atoms with Crippen LogP contribution in [0.1, 0.15) is 115 Å². The Balaban J connectivity index is 1.82. The molecule has 0 fully saturated rings. The van der Waals surface area contributed by atoms with Crippen LogP contribution in [0, 0.1) is 0 Å². The fourth-order valence-corrected chi connectivity index (χ4v) is 4.20. The molecule has 1 atom stereocenters. The van der Waals surface area contributed by atoms with Crippen molar-refractivity contribution in [2.45, 2.75) is 122 Å². The predicted octanol–water partition coefficient (Wildman–Crippen LogP) is 8.07. The van der Waals surface area contributed by atoms with Gasteiger partial charge >= 0.3 is 0 Å². The number of hydrogen-bond acceptors (Lipinski definition) is 3. The van der Waals surface area contributed by atoms with Gasteiger partial charge in [0.25, 0.3) is 0 Å². The third kappa shape index (κ3) is 18.7. The minimum absolute atomic E-state index is 0.112. The van der Waals surface area contributed by atoms with Crippen LogP contribution in [0.4, 0.5) is 0 Å². The molecule has 1 rings (SSSR count). The summed E-state index contributed by atoms with van der Waals surface area (Å²) in [6, 6.07) is 10.4. The summed E-state index contributed by atoms with van der Waals surface area (Å²) in [6.45, 7) is 5.52. The van der Waals surface area contributed by atoms with E-state index in [1.165, 1.54) is 108 Å². The van der Waals surface area contributed by atoms with Gasteiger partial charge in [0.15, 0.2) is 0 Å². The van der Waals surface area contributed by atoms with Gasteiger partial charge in [-0.2, -0.15) is 0 Å². The van der Waals surface area contributed by atoms with Crippen LogP contribution in [0.5, 0.6) is 0 Å². The average molecular weight is 448 g/mol. The van der Waals surface area contributed by atoms with Gasteiger partial charge in [-0.05, 0) is 18.5 Å². The quantitative estimate of drug-likeness (QED) is 0.162. The number of methoxy groups -OCH3 is 1. The molecule has 0 spiro atoms. The molecule has 0 heterocycles. The van der Waals surface area contributed by atoms with Crippen LogP contribution in [0.2, 0.25) is 0 Å². The highest BCUT2D eigenvalue weighted by Gasteiger charge is 2.08. The van der Waals surface area contributed by atoms with E-state index in [2.05, 4.69) is 36.5 Å². The lowest BCUT2D eigenvalue weighted by atomic mass is 10.0. The van der Waals surface area contributed by atoms with Crippen molar-refractivity contribution in [3.63, 3.8) is 0 Å². The van der Waals surface area contributed by atoms with Crippen LogP contribution < -0.4 is 5.32 Å². The van der Waals surface area contributed by atoms with Crippen molar-refractivity contribution in [2.75, 3.05) is 26.8 Å². The van der Waals surface area contributed by atoms with Crippen molar-refractivity contribution in [3.05, 3.63) is 35.9 Å². The Morgan fingerprint density at radius 1 is 0.688 bits per heavy atom. The summed E-state index contributed by atoms with van der Waals surface area (Å²) in [5.74, 6) is 0. The maximum Gasteiger partial charge on any atom is 0.0936 e. The maximum atomic E-state index is 6.01. The van der Waals surface area contributed by atoms with E-state index in [-0.39, 0.29) is 6.10 Å². The Kier molecular flexibility index (Phi) is 21.2. The molecule has 0 saturated carbocycles. The highest BCUT2D eigenvalue weighted by molar-refractivity contribution is 5.13. The number of benzene rings is 1. The Morgan fingerprint density at radius 2 is 1.19 bits per heavy atom. The molecule has 1 aromatic rings. The summed E-state index contributed by atoms with van der Waals surface area (Å²) in [7, 11) is 1.74. The molecule has 0 aromatic heterocycles. The van der Waals surface area contributed by atoms with Gasteiger partial charge in [-0.3, -0.25) is 0 Å². The fourth-order valence-electron chi connectivity index (χ4n) is 4.20. The van der Waals surface area contributed by atoms with Crippen LogP contribution in [0.3, 0.4) is 0 Å². The molecule has 3 nitrogen and oxygen atoms in total. The van der Waals surface area contributed by atoms with E-state index in [1.54, 1.807) is 7.11 Å². The van der Waals surface area contributed by atoms with Crippen molar-refractivity contribution in [2.24, 2.45) is 0 Å². The van der Waals surface area contributed by atoms with Crippen LogP contribution in [0.15, 0.2) is 30.3 Å². The second-order valence-electron chi connectivity index (χ2n) is 9.38. The van der Waals surface area contributed by atoms with Crippen molar-refractivity contribution in [1.29, 1.82) is 0 Å². The summed E-state index contributed by atoms with van der Waals surface area (Å²) < 4.78 is 11.3. The smallest absolute Gasteiger partial charge is 0.0936 e. The minimum atomic E-state index is 0.112. The molecule has 0 radical (unpaired) electrons. The molecule has 1 N–H and O–H groups in total. The molecule has 0 aliphatic heterocycles. The second kappa shape index (κ2) is 23.3. The molecule has 1 aromatic carbocycles. The molecule has 32 heavy (non-hydrogen) atoms. The zero-order valence-corrected chi connectivity index (χ0v) is 21.4. The van der Waals surface area contributed by atoms with Crippen LogP contribution >= 0.6 is 0 Å². The van der Waals surface area contributed by atoms with Crippen molar-refractivity contribution >= 4 is 0 Å². The van der Waals surface area contributed by atoms with Gasteiger partial charge in [0.05, 0.1) is 19.3 Å². The molecule has 1 unspecified atom stereocenters. The summed E-state index contributed by atoms with van der Waals surface area (Å²) in [6.07, 6.45) is 22.8. The zero-order valence-electron chi connectivity index (χ0n) is 21.4. The largest absolute Gasteiger partial charge is 0.382 e. The average Bonchev–Trinajstić information content (AvgIpc) is 2.82. The standard InChI is InChI=1S/C29H53NO2/c1-3-4-5-6-7-8-9-10-11-12-13-14-15-16-17-21-24-30-25-29(27-31-2)32-26-28-22-19-18-20-23-28/h18-20,22-23,29-30H,3-17,21,24-27H2,1-2H3. The molecule has 0 amide bonds. The normalized spacial score (nSPS) is 12.3. The Labute approximate surface area is 200 Å². The van der Waals surface area contributed by atoms with E-state index in [0.29, 0.717) is 13.2 Å². The van der Waals surface area contributed by atoms with E-state index < -0.39 is 0 Å². The molecule has 3 heteroatoms. The van der Waals surface area contributed by atoms with E-state index in [0.717, 1.165) is 13.1 Å². The predicted molar refractivity (Wildman–Crippen MR) is 139 cm³/mol. The van der Waals surface area contributed by atoms with E-state index >= 15 is 0 Å². The third-order valence-electron chi connectivity index (χ3n) is 6.26. The Hall–Kier alpha value is -0.900. The first kappa shape index (κ1) is 29.1. The van der Waals surface area contributed by atoms with Gasteiger partial charge < -0.3 is 14.8 Å². The van der Waals surface area contributed by atoms with Crippen molar-refractivity contribution < 1.29 is 9.47 Å². The molecular formula is C29H53NO2. The Morgan fingerprint density at radius 3 is 1.69 bits per heavy atom. The lowest BCUT2D eigenvalue weighted by Crippen LogP contribution is -2.33. The number of hydrogen-bond donors (Lipinski definition) is 1. The first-order chi connectivity index (χ1) is 15.9. The Bertz CT molecular complexity index is 479. The molecule has 0 aliphatic rings. The number of unbranched alkanes of at least 4 members (excludes halogenated alkanes) is 15. The second-order valence-corrected chi connectivity index (χ2v) is 9.38. The van der Waals surface area contributed by atoms with E-state index in [1.807, 2.05) is 6.07 Å². The zero-order chi connectivity index (χ0) is 23.0. The highest BCUT2D eigenvalue weighted by Crippen LogP contribution is 2.13. The van der Waals surface area contributed by atoms with E-state index in [4.69, 9.17) is 9.47 Å². The molecule has 0 bridgehead atoms. The van der Waals surface area contributed by atoms with Gasteiger partial charge in [-0.25, -0.2) is 0 Å². The first-order valence-electron chi connectivity index (χ1n) is 13.7. The summed E-state index contributed by atoms with van der Waals surface area (Å²) >= 11 is 0. The van der Waals surface area contributed by atoms with Crippen LogP contribution in [-0.4, -0.2) is 32.9 Å². The summed E-state index contributed by atoms with van der Waals surface area (Å²) in [5, 5.41) is 3.55. The van der Waals surface area contributed by atoms with Gasteiger partial charge in [0.2, 0.25) is 0 Å². The van der Waals surface area contributed by atoms with Gasteiger partial charge in [-0.1, -0.05) is 134 Å². The minimum Gasteiger partial charge on any atom is -0.382 e. The topological polar surface area (TPSA) is 30.5 Å².